The van der Waals surface area contributed by atoms with Crippen molar-refractivity contribution in [1.82, 2.24) is 15.2 Å². The Morgan fingerprint density at radius 2 is 1.86 bits per heavy atom. The number of aromatic nitrogens is 3. The van der Waals surface area contributed by atoms with Crippen LogP contribution in [0.4, 0.5) is 5.69 Å². The zero-order chi connectivity index (χ0) is 15.5. The highest BCUT2D eigenvalue weighted by Gasteiger charge is 2.14. The summed E-state index contributed by atoms with van der Waals surface area (Å²) >= 11 is 4.89. The molecule has 0 saturated carbocycles. The van der Waals surface area contributed by atoms with Crippen molar-refractivity contribution in [3.05, 3.63) is 48.3 Å². The maximum atomic E-state index is 5.76. The minimum Gasteiger partial charge on any atom is -0.416 e. The van der Waals surface area contributed by atoms with Gasteiger partial charge in [-0.2, -0.15) is 0 Å². The average Bonchev–Trinajstić information content (AvgIpc) is 2.99. The van der Waals surface area contributed by atoms with Crippen LogP contribution >= 0.6 is 12.2 Å². The third kappa shape index (κ3) is 2.94. The van der Waals surface area contributed by atoms with Gasteiger partial charge in [-0.25, -0.2) is 0 Å². The topological polar surface area (TPSA) is 89.9 Å². The van der Waals surface area contributed by atoms with Crippen molar-refractivity contribution in [3.63, 3.8) is 0 Å². The number of nitrogens with one attached hydrogen (secondary N) is 1. The Labute approximate surface area is 132 Å². The second-order valence-corrected chi connectivity index (χ2v) is 5.13. The van der Waals surface area contributed by atoms with Crippen molar-refractivity contribution in [3.8, 4) is 22.9 Å². The molecule has 2 aromatic heterocycles. The van der Waals surface area contributed by atoms with E-state index in [-0.39, 0.29) is 5.11 Å². The van der Waals surface area contributed by atoms with Crippen molar-refractivity contribution in [1.29, 1.82) is 0 Å². The first kappa shape index (κ1) is 14.2. The van der Waals surface area contributed by atoms with Gasteiger partial charge in [0, 0.05) is 18.0 Å². The van der Waals surface area contributed by atoms with Gasteiger partial charge in [-0.15, -0.1) is 10.2 Å². The van der Waals surface area contributed by atoms with Gasteiger partial charge in [0.15, 0.2) is 5.11 Å². The van der Waals surface area contributed by atoms with E-state index >= 15 is 0 Å². The lowest BCUT2D eigenvalue weighted by atomic mass is 10.1. The maximum absolute atomic E-state index is 5.76. The molecule has 0 amide bonds. The number of thiocarbonyl (C=S) groups is 1. The Bertz CT molecular complexity index is 816. The molecule has 110 valence electrons. The monoisotopic (exact) mass is 311 g/mol. The Morgan fingerprint density at radius 3 is 2.59 bits per heavy atom. The molecule has 22 heavy (non-hydrogen) atoms. The second-order valence-electron chi connectivity index (χ2n) is 4.69. The van der Waals surface area contributed by atoms with Crippen LogP contribution in [0.5, 0.6) is 0 Å². The van der Waals surface area contributed by atoms with E-state index in [1.54, 1.807) is 12.4 Å². The molecule has 0 aliphatic rings. The summed E-state index contributed by atoms with van der Waals surface area (Å²) in [5, 5.41) is 11.3. The fourth-order valence-corrected chi connectivity index (χ4v) is 2.13. The first-order valence-electron chi connectivity index (χ1n) is 6.55. The van der Waals surface area contributed by atoms with Gasteiger partial charge in [-0.05, 0) is 43.4 Å². The maximum Gasteiger partial charge on any atom is 0.250 e. The predicted molar refractivity (Wildman–Crippen MR) is 88.1 cm³/mol. The molecule has 7 heteroatoms. The van der Waals surface area contributed by atoms with E-state index in [2.05, 4.69) is 20.5 Å². The molecule has 3 N–H and O–H groups in total. The molecular formula is C15H13N5OS. The van der Waals surface area contributed by atoms with Crippen LogP contribution < -0.4 is 11.1 Å². The molecule has 0 atom stereocenters. The molecule has 0 fully saturated rings. The van der Waals surface area contributed by atoms with Crippen molar-refractivity contribution >= 4 is 23.0 Å². The van der Waals surface area contributed by atoms with Gasteiger partial charge in [0.25, 0.3) is 0 Å². The van der Waals surface area contributed by atoms with Gasteiger partial charge in [0.1, 0.15) is 0 Å². The SMILES string of the molecule is Cc1ccc(NC(N)=S)c(-c2nnc(-c3ccncc3)o2)c1. The van der Waals surface area contributed by atoms with E-state index in [1.165, 1.54) is 0 Å². The van der Waals surface area contributed by atoms with Crippen molar-refractivity contribution in [2.75, 3.05) is 5.32 Å². The predicted octanol–water partition coefficient (Wildman–Crippen LogP) is 2.76. The van der Waals surface area contributed by atoms with Crippen LogP contribution in [0.1, 0.15) is 5.56 Å². The highest BCUT2D eigenvalue weighted by atomic mass is 32.1. The van der Waals surface area contributed by atoms with Crippen molar-refractivity contribution in [2.45, 2.75) is 6.92 Å². The number of rotatable bonds is 3. The van der Waals surface area contributed by atoms with Gasteiger partial charge in [-0.1, -0.05) is 11.6 Å². The first-order valence-corrected chi connectivity index (χ1v) is 6.95. The molecule has 0 radical (unpaired) electrons. The molecular weight excluding hydrogens is 298 g/mol. The summed E-state index contributed by atoms with van der Waals surface area (Å²) in [6, 6.07) is 9.37. The minimum absolute atomic E-state index is 0.180. The highest BCUT2D eigenvalue weighted by Crippen LogP contribution is 2.30. The average molecular weight is 311 g/mol. The number of benzene rings is 1. The fourth-order valence-electron chi connectivity index (χ4n) is 2.02. The number of nitrogens with two attached hydrogens (primary N) is 1. The van der Waals surface area contributed by atoms with Gasteiger partial charge < -0.3 is 15.5 Å². The summed E-state index contributed by atoms with van der Waals surface area (Å²) in [6.45, 7) is 1.98. The van der Waals surface area contributed by atoms with Crippen LogP contribution in [0.2, 0.25) is 0 Å². The Kier molecular flexibility index (Phi) is 3.80. The van der Waals surface area contributed by atoms with Crippen LogP contribution in [0, 0.1) is 6.92 Å². The van der Waals surface area contributed by atoms with E-state index in [0.717, 1.165) is 22.4 Å². The van der Waals surface area contributed by atoms with E-state index in [0.29, 0.717) is 11.8 Å². The van der Waals surface area contributed by atoms with Crippen LogP contribution in [0.25, 0.3) is 22.9 Å². The summed E-state index contributed by atoms with van der Waals surface area (Å²) in [5.74, 6) is 0.828. The zero-order valence-electron chi connectivity index (χ0n) is 11.8. The van der Waals surface area contributed by atoms with E-state index in [1.807, 2.05) is 37.3 Å². The molecule has 1 aromatic carbocycles. The largest absolute Gasteiger partial charge is 0.416 e. The summed E-state index contributed by atoms with van der Waals surface area (Å²) in [7, 11) is 0. The zero-order valence-corrected chi connectivity index (χ0v) is 12.6. The molecule has 0 unspecified atom stereocenters. The molecule has 3 rings (SSSR count). The molecule has 0 saturated heterocycles. The summed E-state index contributed by atoms with van der Waals surface area (Å²) in [4.78, 5) is 3.97. The number of nitrogens with zero attached hydrogens (tertiary/aromatic N) is 3. The Morgan fingerprint density at radius 1 is 1.14 bits per heavy atom. The van der Waals surface area contributed by atoms with Crippen LogP contribution in [0.3, 0.4) is 0 Å². The molecule has 0 spiro atoms. The molecule has 0 aliphatic heterocycles. The number of hydrogen-bond donors (Lipinski definition) is 2. The van der Waals surface area contributed by atoms with Crippen LogP contribution in [-0.2, 0) is 0 Å². The molecule has 2 heterocycles. The lowest BCUT2D eigenvalue weighted by Crippen LogP contribution is -2.19. The molecule has 6 nitrogen and oxygen atoms in total. The Hall–Kier alpha value is -2.80. The van der Waals surface area contributed by atoms with Gasteiger partial charge >= 0.3 is 0 Å². The summed E-state index contributed by atoms with van der Waals surface area (Å²) in [6.07, 6.45) is 3.34. The summed E-state index contributed by atoms with van der Waals surface area (Å²) < 4.78 is 5.76. The van der Waals surface area contributed by atoms with Crippen molar-refractivity contribution < 1.29 is 4.42 Å². The lowest BCUT2D eigenvalue weighted by Gasteiger charge is -2.08. The molecule has 3 aromatic rings. The quantitative estimate of drug-likeness (QED) is 0.719. The highest BCUT2D eigenvalue weighted by molar-refractivity contribution is 7.80. The van der Waals surface area contributed by atoms with Crippen LogP contribution in [-0.4, -0.2) is 20.3 Å². The standard InChI is InChI=1S/C15H13N5OS/c1-9-2-3-12(18-15(16)22)11(8-9)14-20-19-13(21-14)10-4-6-17-7-5-10/h2-8H,1H3,(H3,16,18,22). The number of aryl methyl sites for hydroxylation is 1. The van der Waals surface area contributed by atoms with Gasteiger partial charge in [0.05, 0.1) is 11.3 Å². The van der Waals surface area contributed by atoms with Crippen molar-refractivity contribution in [2.24, 2.45) is 5.73 Å². The smallest absolute Gasteiger partial charge is 0.250 e. The fraction of sp³-hybridized carbons (Fsp3) is 0.0667. The van der Waals surface area contributed by atoms with E-state index in [9.17, 15) is 0 Å². The third-order valence-electron chi connectivity index (χ3n) is 3.02. The van der Waals surface area contributed by atoms with Gasteiger partial charge in [-0.3, -0.25) is 4.98 Å². The summed E-state index contributed by atoms with van der Waals surface area (Å²) in [5.41, 5.74) is 8.90. The van der Waals surface area contributed by atoms with E-state index in [4.69, 9.17) is 22.4 Å². The Balaban J connectivity index is 2.03. The van der Waals surface area contributed by atoms with Crippen LogP contribution in [0.15, 0.2) is 47.1 Å². The van der Waals surface area contributed by atoms with E-state index < -0.39 is 0 Å². The number of pyridine rings is 1. The first-order chi connectivity index (χ1) is 10.6. The minimum atomic E-state index is 0.180. The number of anilines is 1. The molecule has 0 bridgehead atoms. The third-order valence-corrected chi connectivity index (χ3v) is 3.12. The lowest BCUT2D eigenvalue weighted by molar-refractivity contribution is 0.584. The molecule has 0 aliphatic carbocycles. The normalized spacial score (nSPS) is 10.4. The number of hydrogen-bond acceptors (Lipinski definition) is 5. The second kappa shape index (κ2) is 5.90. The van der Waals surface area contributed by atoms with Gasteiger partial charge in [0.2, 0.25) is 11.8 Å².